The molecule has 1 N–H and O–H groups in total. The number of nitrogens with one attached hydrogen (secondary N) is 1. The van der Waals surface area contributed by atoms with Crippen molar-refractivity contribution in [3.8, 4) is 0 Å². The van der Waals surface area contributed by atoms with Crippen LogP contribution in [0.5, 0.6) is 0 Å². The zero-order valence-electron chi connectivity index (χ0n) is 15.8. The second kappa shape index (κ2) is 8.05. The second-order valence-corrected chi connectivity index (χ2v) is 6.95. The predicted molar refractivity (Wildman–Crippen MR) is 113 cm³/mol. The summed E-state index contributed by atoms with van der Waals surface area (Å²) in [4.78, 5) is 17.8. The fraction of sp³-hybridized carbons (Fsp3) is 0.120. The summed E-state index contributed by atoms with van der Waals surface area (Å²) in [5, 5.41) is 4.12. The summed E-state index contributed by atoms with van der Waals surface area (Å²) in [7, 11) is 0. The maximum atomic E-state index is 13.2. The van der Waals surface area contributed by atoms with Gasteiger partial charge >= 0.3 is 0 Å². The Kier molecular flexibility index (Phi) is 5.16. The first-order valence-corrected chi connectivity index (χ1v) is 9.47. The van der Waals surface area contributed by atoms with Gasteiger partial charge in [0.25, 0.3) is 5.91 Å². The highest BCUT2D eigenvalue weighted by Crippen LogP contribution is 2.22. The average Bonchev–Trinajstić information content (AvgIpc) is 2.74. The van der Waals surface area contributed by atoms with Crippen LogP contribution in [0.2, 0.25) is 0 Å². The third-order valence-electron chi connectivity index (χ3n) is 4.88. The van der Waals surface area contributed by atoms with Gasteiger partial charge in [0.1, 0.15) is 0 Å². The molecule has 3 heteroatoms. The minimum Gasteiger partial charge on any atom is -0.345 e. The van der Waals surface area contributed by atoms with E-state index in [0.29, 0.717) is 5.56 Å². The summed E-state index contributed by atoms with van der Waals surface area (Å²) >= 11 is 0. The summed E-state index contributed by atoms with van der Waals surface area (Å²) in [6.07, 6.45) is 0.735. The smallest absolute Gasteiger partial charge is 0.252 e. The molecule has 0 fully saturated rings. The Morgan fingerprint density at radius 3 is 2.29 bits per heavy atom. The molecule has 138 valence electrons. The van der Waals surface area contributed by atoms with Crippen LogP contribution in [0.3, 0.4) is 0 Å². The van der Waals surface area contributed by atoms with Crippen molar-refractivity contribution in [3.63, 3.8) is 0 Å². The molecule has 1 unspecified atom stereocenters. The van der Waals surface area contributed by atoms with Gasteiger partial charge in [-0.2, -0.15) is 0 Å². The van der Waals surface area contributed by atoms with Crippen molar-refractivity contribution in [3.05, 3.63) is 113 Å². The van der Waals surface area contributed by atoms with Gasteiger partial charge in [0, 0.05) is 11.1 Å². The maximum absolute atomic E-state index is 13.2. The predicted octanol–water partition coefficient (Wildman–Crippen LogP) is 5.26. The third kappa shape index (κ3) is 3.94. The number of nitrogens with zero attached hydrogens (tertiary/aromatic N) is 1. The zero-order valence-corrected chi connectivity index (χ0v) is 15.8. The number of aryl methyl sites for hydroxylation is 1. The van der Waals surface area contributed by atoms with Crippen molar-refractivity contribution < 1.29 is 4.79 Å². The lowest BCUT2D eigenvalue weighted by molar-refractivity contribution is 0.0938. The number of para-hydroxylation sites is 1. The number of aromatic nitrogens is 1. The summed E-state index contributed by atoms with van der Waals surface area (Å²) in [5.41, 5.74) is 4.62. The first-order chi connectivity index (χ1) is 13.7. The molecular weight excluding hydrogens is 344 g/mol. The van der Waals surface area contributed by atoms with Gasteiger partial charge in [0.05, 0.1) is 17.1 Å². The zero-order chi connectivity index (χ0) is 19.3. The normalized spacial score (nSPS) is 11.9. The molecule has 0 aliphatic carbocycles. The standard InChI is InChI=1S/C25H22N2O/c1-18-16-22(21-14-8-9-15-23(21)26-18)25(28)27-24(20-12-6-3-7-13-20)17-19-10-4-2-5-11-19/h2-16,24H,17H2,1H3,(H,27,28). The number of carbonyl (C=O) groups excluding carboxylic acids is 1. The number of fused-ring (bicyclic) bond motifs is 1. The number of rotatable bonds is 5. The maximum Gasteiger partial charge on any atom is 0.252 e. The average molecular weight is 366 g/mol. The highest BCUT2D eigenvalue weighted by atomic mass is 16.1. The van der Waals surface area contributed by atoms with Crippen LogP contribution in [0, 0.1) is 6.92 Å². The van der Waals surface area contributed by atoms with Gasteiger partial charge in [-0.15, -0.1) is 0 Å². The van der Waals surface area contributed by atoms with E-state index in [1.54, 1.807) is 0 Å². The highest BCUT2D eigenvalue weighted by Gasteiger charge is 2.18. The van der Waals surface area contributed by atoms with Crippen molar-refractivity contribution in [1.29, 1.82) is 0 Å². The lowest BCUT2D eigenvalue weighted by atomic mass is 9.98. The van der Waals surface area contributed by atoms with E-state index in [2.05, 4.69) is 34.6 Å². The Bertz CT molecular complexity index is 1090. The van der Waals surface area contributed by atoms with E-state index in [0.717, 1.165) is 28.6 Å². The van der Waals surface area contributed by atoms with Gasteiger partial charge in [0.15, 0.2) is 0 Å². The molecular formula is C25H22N2O. The molecule has 3 aromatic carbocycles. The quantitative estimate of drug-likeness (QED) is 0.524. The third-order valence-corrected chi connectivity index (χ3v) is 4.88. The molecule has 0 spiro atoms. The number of hydrogen-bond acceptors (Lipinski definition) is 2. The number of carbonyl (C=O) groups is 1. The van der Waals surface area contributed by atoms with E-state index in [1.165, 1.54) is 5.56 Å². The molecule has 1 atom stereocenters. The van der Waals surface area contributed by atoms with Crippen LogP contribution in [0.4, 0.5) is 0 Å². The number of hydrogen-bond donors (Lipinski definition) is 1. The Morgan fingerprint density at radius 2 is 1.54 bits per heavy atom. The fourth-order valence-electron chi connectivity index (χ4n) is 3.52. The fourth-order valence-corrected chi connectivity index (χ4v) is 3.52. The van der Waals surface area contributed by atoms with Crippen LogP contribution in [-0.4, -0.2) is 10.9 Å². The van der Waals surface area contributed by atoms with Gasteiger partial charge in [-0.1, -0.05) is 78.9 Å². The number of pyridine rings is 1. The van der Waals surface area contributed by atoms with E-state index in [-0.39, 0.29) is 11.9 Å². The first-order valence-electron chi connectivity index (χ1n) is 9.47. The van der Waals surface area contributed by atoms with Crippen LogP contribution in [-0.2, 0) is 6.42 Å². The topological polar surface area (TPSA) is 42.0 Å². The largest absolute Gasteiger partial charge is 0.345 e. The molecule has 0 aliphatic rings. The van der Waals surface area contributed by atoms with E-state index in [9.17, 15) is 4.79 Å². The molecule has 0 bridgehead atoms. The molecule has 4 aromatic rings. The van der Waals surface area contributed by atoms with Crippen LogP contribution in [0.1, 0.15) is 33.2 Å². The minimum absolute atomic E-state index is 0.0773. The van der Waals surface area contributed by atoms with Crippen molar-refractivity contribution in [2.45, 2.75) is 19.4 Å². The molecule has 0 saturated heterocycles. The molecule has 1 heterocycles. The number of amides is 1. The van der Waals surface area contributed by atoms with E-state index in [4.69, 9.17) is 0 Å². The van der Waals surface area contributed by atoms with Crippen molar-refractivity contribution in [2.24, 2.45) is 0 Å². The summed E-state index contributed by atoms with van der Waals surface area (Å²) in [6, 6.07) is 29.9. The van der Waals surface area contributed by atoms with Gasteiger partial charge < -0.3 is 5.32 Å². The SMILES string of the molecule is Cc1cc(C(=O)NC(Cc2ccccc2)c2ccccc2)c2ccccc2n1. The van der Waals surface area contributed by atoms with E-state index in [1.807, 2.05) is 73.7 Å². The lowest BCUT2D eigenvalue weighted by Crippen LogP contribution is -2.30. The minimum atomic E-state index is -0.108. The van der Waals surface area contributed by atoms with Crippen LogP contribution >= 0.6 is 0 Å². The van der Waals surface area contributed by atoms with Crippen molar-refractivity contribution in [1.82, 2.24) is 10.3 Å². The molecule has 28 heavy (non-hydrogen) atoms. The van der Waals surface area contributed by atoms with Crippen molar-refractivity contribution in [2.75, 3.05) is 0 Å². The second-order valence-electron chi connectivity index (χ2n) is 6.95. The Labute approximate surface area is 165 Å². The van der Waals surface area contributed by atoms with Gasteiger partial charge in [0.2, 0.25) is 0 Å². The lowest BCUT2D eigenvalue weighted by Gasteiger charge is -2.20. The van der Waals surface area contributed by atoms with E-state index >= 15 is 0 Å². The Hall–Kier alpha value is -3.46. The molecule has 0 radical (unpaired) electrons. The number of benzene rings is 3. The molecule has 1 amide bonds. The molecule has 0 aliphatic heterocycles. The van der Waals surface area contributed by atoms with Crippen LogP contribution in [0.15, 0.2) is 91.0 Å². The van der Waals surface area contributed by atoms with Gasteiger partial charge in [-0.3, -0.25) is 9.78 Å². The summed E-state index contributed by atoms with van der Waals surface area (Å²) in [6.45, 7) is 1.92. The summed E-state index contributed by atoms with van der Waals surface area (Å²) in [5.74, 6) is -0.0773. The Balaban J connectivity index is 1.68. The van der Waals surface area contributed by atoms with Crippen LogP contribution in [0.25, 0.3) is 10.9 Å². The van der Waals surface area contributed by atoms with Gasteiger partial charge in [-0.05, 0) is 36.6 Å². The monoisotopic (exact) mass is 366 g/mol. The van der Waals surface area contributed by atoms with Crippen molar-refractivity contribution >= 4 is 16.8 Å². The highest BCUT2D eigenvalue weighted by molar-refractivity contribution is 6.06. The van der Waals surface area contributed by atoms with Gasteiger partial charge in [-0.25, -0.2) is 0 Å². The molecule has 1 aromatic heterocycles. The first kappa shape index (κ1) is 17.9. The molecule has 3 nitrogen and oxygen atoms in total. The molecule has 4 rings (SSSR count). The van der Waals surface area contributed by atoms with E-state index < -0.39 is 0 Å². The summed E-state index contributed by atoms with van der Waals surface area (Å²) < 4.78 is 0. The Morgan fingerprint density at radius 1 is 0.893 bits per heavy atom. The van der Waals surface area contributed by atoms with Crippen LogP contribution < -0.4 is 5.32 Å². The molecule has 0 saturated carbocycles.